The van der Waals surface area contributed by atoms with Crippen molar-refractivity contribution >= 4 is 35.1 Å². The van der Waals surface area contributed by atoms with Crippen LogP contribution in [0.25, 0.3) is 0 Å². The average molecular weight is 327 g/mol. The Kier molecular flexibility index (Phi) is 4.52. The van der Waals surface area contributed by atoms with Crippen LogP contribution in [0.2, 0.25) is 0 Å². The van der Waals surface area contributed by atoms with Crippen molar-refractivity contribution in [2.24, 2.45) is 0 Å². The smallest absolute Gasteiger partial charge is 0.319 e. The van der Waals surface area contributed by atoms with Crippen molar-refractivity contribution in [3.05, 3.63) is 54.1 Å². The Morgan fingerprint density at radius 1 is 1.22 bits per heavy atom. The van der Waals surface area contributed by atoms with Crippen molar-refractivity contribution in [1.29, 1.82) is 0 Å². The third-order valence-corrected chi connectivity index (χ3v) is 4.64. The minimum Gasteiger partial charge on any atom is -0.334 e. The summed E-state index contributed by atoms with van der Waals surface area (Å²) in [6.07, 6.45) is 0. The van der Waals surface area contributed by atoms with E-state index in [1.165, 1.54) is 0 Å². The number of urea groups is 1. The van der Waals surface area contributed by atoms with Gasteiger partial charge in [-0.05, 0) is 36.8 Å². The van der Waals surface area contributed by atoms with Gasteiger partial charge in [0.25, 0.3) is 0 Å². The molecular weight excluding hydrogens is 310 g/mol. The van der Waals surface area contributed by atoms with E-state index >= 15 is 0 Å². The number of thioether (sulfide) groups is 1. The molecular formula is C17H17N3O2S. The first-order valence-electron chi connectivity index (χ1n) is 7.32. The molecule has 6 heteroatoms. The number of carbonyl (C=O) groups is 2. The Bertz CT molecular complexity index is 734. The Labute approximate surface area is 138 Å². The van der Waals surface area contributed by atoms with Gasteiger partial charge < -0.3 is 16.0 Å². The zero-order valence-electron chi connectivity index (χ0n) is 12.6. The van der Waals surface area contributed by atoms with Crippen molar-refractivity contribution < 1.29 is 9.59 Å². The molecule has 1 atom stereocenters. The van der Waals surface area contributed by atoms with E-state index in [1.54, 1.807) is 11.8 Å². The third kappa shape index (κ3) is 3.84. The van der Waals surface area contributed by atoms with E-state index in [1.807, 2.05) is 55.5 Å². The molecule has 1 aliphatic heterocycles. The maximum absolute atomic E-state index is 11.9. The van der Waals surface area contributed by atoms with Crippen LogP contribution in [0.3, 0.4) is 0 Å². The molecule has 3 amide bonds. The van der Waals surface area contributed by atoms with E-state index in [4.69, 9.17) is 0 Å². The number of fused-ring (bicyclic) bond motifs is 1. The highest BCUT2D eigenvalue weighted by Gasteiger charge is 2.22. The van der Waals surface area contributed by atoms with Gasteiger partial charge in [0.1, 0.15) is 0 Å². The molecule has 2 aromatic rings. The number of hydrogen-bond donors (Lipinski definition) is 3. The van der Waals surface area contributed by atoms with E-state index in [-0.39, 0.29) is 17.2 Å². The van der Waals surface area contributed by atoms with Crippen LogP contribution in [0.1, 0.15) is 12.5 Å². The lowest BCUT2D eigenvalue weighted by molar-refractivity contribution is -0.115. The van der Waals surface area contributed by atoms with Crippen molar-refractivity contribution in [1.82, 2.24) is 5.32 Å². The molecule has 0 bridgehead atoms. The van der Waals surface area contributed by atoms with Gasteiger partial charge in [0.15, 0.2) is 0 Å². The summed E-state index contributed by atoms with van der Waals surface area (Å²) in [6, 6.07) is 14.8. The lowest BCUT2D eigenvalue weighted by Crippen LogP contribution is -2.29. The highest BCUT2D eigenvalue weighted by atomic mass is 32.2. The Morgan fingerprint density at radius 3 is 2.78 bits per heavy atom. The minimum absolute atomic E-state index is 0.00873. The second kappa shape index (κ2) is 6.75. The number of benzene rings is 2. The van der Waals surface area contributed by atoms with E-state index in [2.05, 4.69) is 16.0 Å². The predicted octanol–water partition coefficient (Wildman–Crippen LogP) is 3.44. The Morgan fingerprint density at radius 2 is 2.00 bits per heavy atom. The van der Waals surface area contributed by atoms with Gasteiger partial charge >= 0.3 is 6.03 Å². The van der Waals surface area contributed by atoms with Crippen molar-refractivity contribution in [2.75, 3.05) is 10.6 Å². The van der Waals surface area contributed by atoms with E-state index < -0.39 is 0 Å². The van der Waals surface area contributed by atoms with Gasteiger partial charge in [-0.25, -0.2) is 4.79 Å². The fraction of sp³-hybridized carbons (Fsp3) is 0.176. The molecule has 0 aliphatic carbocycles. The first-order valence-corrected chi connectivity index (χ1v) is 8.20. The molecule has 23 heavy (non-hydrogen) atoms. The average Bonchev–Trinajstić information content (AvgIpc) is 2.55. The first-order chi connectivity index (χ1) is 11.1. The zero-order valence-corrected chi connectivity index (χ0v) is 13.4. The number of nitrogens with one attached hydrogen (secondary N) is 3. The summed E-state index contributed by atoms with van der Waals surface area (Å²) in [5, 5.41) is 8.38. The molecule has 0 aromatic heterocycles. The zero-order chi connectivity index (χ0) is 16.2. The van der Waals surface area contributed by atoms with Gasteiger partial charge in [-0.2, -0.15) is 0 Å². The number of carbonyl (C=O) groups excluding carboxylic acids is 2. The van der Waals surface area contributed by atoms with Crippen molar-refractivity contribution in [2.45, 2.75) is 23.6 Å². The maximum Gasteiger partial charge on any atom is 0.319 e. The van der Waals surface area contributed by atoms with Crippen LogP contribution >= 0.6 is 11.8 Å². The number of rotatable bonds is 3. The van der Waals surface area contributed by atoms with Gasteiger partial charge in [-0.15, -0.1) is 11.8 Å². The Balaban J connectivity index is 1.60. The van der Waals surface area contributed by atoms with E-state index in [0.29, 0.717) is 6.54 Å². The molecule has 1 aliphatic rings. The Hall–Kier alpha value is -2.47. The molecule has 5 nitrogen and oxygen atoms in total. The summed E-state index contributed by atoms with van der Waals surface area (Å²) < 4.78 is 0. The fourth-order valence-corrected chi connectivity index (χ4v) is 3.18. The van der Waals surface area contributed by atoms with Gasteiger partial charge in [-0.1, -0.05) is 24.3 Å². The summed E-state index contributed by atoms with van der Waals surface area (Å²) in [6.45, 7) is 2.27. The summed E-state index contributed by atoms with van der Waals surface area (Å²) in [7, 11) is 0. The maximum atomic E-state index is 11.9. The molecule has 3 rings (SSSR count). The molecule has 3 N–H and O–H groups in total. The van der Waals surface area contributed by atoms with Crippen molar-refractivity contribution in [3.63, 3.8) is 0 Å². The lowest BCUT2D eigenvalue weighted by atomic mass is 10.2. The van der Waals surface area contributed by atoms with Crippen LogP contribution in [0, 0.1) is 0 Å². The highest BCUT2D eigenvalue weighted by Crippen LogP contribution is 2.35. The number of anilines is 2. The van der Waals surface area contributed by atoms with Crippen LogP contribution in [0.5, 0.6) is 0 Å². The fourth-order valence-electron chi connectivity index (χ4n) is 2.24. The topological polar surface area (TPSA) is 70.2 Å². The third-order valence-electron chi connectivity index (χ3n) is 3.46. The van der Waals surface area contributed by atoms with Gasteiger partial charge in [0.05, 0.1) is 10.9 Å². The van der Waals surface area contributed by atoms with Crippen LogP contribution < -0.4 is 16.0 Å². The summed E-state index contributed by atoms with van der Waals surface area (Å²) >= 11 is 1.54. The second-order valence-electron chi connectivity index (χ2n) is 5.25. The van der Waals surface area contributed by atoms with E-state index in [9.17, 15) is 9.59 Å². The molecule has 0 saturated carbocycles. The number of hydrogen-bond acceptors (Lipinski definition) is 3. The van der Waals surface area contributed by atoms with Crippen LogP contribution in [0.15, 0.2) is 53.4 Å². The molecule has 1 heterocycles. The summed E-state index contributed by atoms with van der Waals surface area (Å²) in [4.78, 5) is 24.6. The molecule has 118 valence electrons. The van der Waals surface area contributed by atoms with Crippen LogP contribution in [-0.4, -0.2) is 17.2 Å². The first kappa shape index (κ1) is 15.4. The van der Waals surface area contributed by atoms with Gasteiger partial charge in [-0.3, -0.25) is 4.79 Å². The lowest BCUT2D eigenvalue weighted by Gasteiger charge is -2.22. The van der Waals surface area contributed by atoms with Crippen LogP contribution in [0.4, 0.5) is 16.2 Å². The molecule has 0 radical (unpaired) electrons. The molecule has 0 fully saturated rings. The summed E-state index contributed by atoms with van der Waals surface area (Å²) in [5.41, 5.74) is 2.48. The molecule has 0 spiro atoms. The SMILES string of the molecule is CC1Sc2ccc(CNC(=O)Nc3ccccc3)cc2NC1=O. The number of amides is 3. The normalized spacial score (nSPS) is 16.2. The standard InChI is InChI=1S/C17H17N3O2S/c1-11-16(21)20-14-9-12(7-8-15(14)23-11)10-18-17(22)19-13-5-3-2-4-6-13/h2-9,11H,10H2,1H3,(H,20,21)(H2,18,19,22). The predicted molar refractivity (Wildman–Crippen MR) is 92.7 cm³/mol. The van der Waals surface area contributed by atoms with Gasteiger partial charge in [0, 0.05) is 17.1 Å². The quantitative estimate of drug-likeness (QED) is 0.809. The molecule has 1 unspecified atom stereocenters. The van der Waals surface area contributed by atoms with Crippen LogP contribution in [-0.2, 0) is 11.3 Å². The summed E-state index contributed by atoms with van der Waals surface area (Å²) in [5.74, 6) is 0.00873. The van der Waals surface area contributed by atoms with Crippen molar-refractivity contribution in [3.8, 4) is 0 Å². The second-order valence-corrected chi connectivity index (χ2v) is 6.64. The highest BCUT2D eigenvalue weighted by molar-refractivity contribution is 8.00. The number of para-hydroxylation sites is 1. The molecule has 2 aromatic carbocycles. The molecule has 0 saturated heterocycles. The largest absolute Gasteiger partial charge is 0.334 e. The van der Waals surface area contributed by atoms with Gasteiger partial charge in [0.2, 0.25) is 5.91 Å². The monoisotopic (exact) mass is 327 g/mol. The van der Waals surface area contributed by atoms with E-state index in [0.717, 1.165) is 21.8 Å². The minimum atomic E-state index is -0.263.